The van der Waals surface area contributed by atoms with Crippen LogP contribution in [0.15, 0.2) is 24.4 Å². The highest BCUT2D eigenvalue weighted by molar-refractivity contribution is 5.63. The molecule has 4 rings (SSSR count). The predicted octanol–water partition coefficient (Wildman–Crippen LogP) is 4.30. The van der Waals surface area contributed by atoms with E-state index in [4.69, 9.17) is 0 Å². The quantitative estimate of drug-likeness (QED) is 0.707. The van der Waals surface area contributed by atoms with Crippen molar-refractivity contribution in [2.75, 3.05) is 36.4 Å². The van der Waals surface area contributed by atoms with E-state index in [1.165, 1.54) is 11.0 Å². The summed E-state index contributed by atoms with van der Waals surface area (Å²) in [4.78, 5) is 9.27. The lowest BCUT2D eigenvalue weighted by Crippen LogP contribution is -2.56. The maximum absolute atomic E-state index is 15.1. The van der Waals surface area contributed by atoms with Gasteiger partial charge in [0.2, 0.25) is 0 Å². The number of piperidine rings is 1. The summed E-state index contributed by atoms with van der Waals surface area (Å²) in [5, 5.41) is 5.94. The predicted molar refractivity (Wildman–Crippen MR) is 98.7 cm³/mol. The Balaban J connectivity index is 1.64. The maximum Gasteiger partial charge on any atom is 0.417 e. The fraction of sp³-hybridized carbons (Fsp3) is 0.474. The molecule has 0 aromatic carbocycles. The SMILES string of the molecule is Fc1c(N2CC(F)(F)C2)cc(Nc2ccc(C(F)(F)F)cn2)nc1C1CCNCC1. The van der Waals surface area contributed by atoms with Gasteiger partial charge in [0, 0.05) is 18.2 Å². The van der Waals surface area contributed by atoms with Gasteiger partial charge < -0.3 is 15.5 Å². The molecule has 30 heavy (non-hydrogen) atoms. The molecule has 0 atom stereocenters. The number of nitrogens with one attached hydrogen (secondary N) is 2. The molecule has 2 aliphatic rings. The van der Waals surface area contributed by atoms with Gasteiger partial charge in [0.1, 0.15) is 11.6 Å². The van der Waals surface area contributed by atoms with E-state index in [1.807, 2.05) is 0 Å². The molecule has 4 heterocycles. The van der Waals surface area contributed by atoms with E-state index in [1.54, 1.807) is 0 Å². The highest BCUT2D eigenvalue weighted by Gasteiger charge is 2.45. The molecule has 0 unspecified atom stereocenters. The van der Waals surface area contributed by atoms with Crippen molar-refractivity contribution in [3.8, 4) is 0 Å². The van der Waals surface area contributed by atoms with Crippen molar-refractivity contribution in [1.82, 2.24) is 15.3 Å². The Labute approximate surface area is 168 Å². The van der Waals surface area contributed by atoms with E-state index in [2.05, 4.69) is 20.6 Å². The Kier molecular flexibility index (Phi) is 5.25. The summed E-state index contributed by atoms with van der Waals surface area (Å²) in [7, 11) is 0. The summed E-state index contributed by atoms with van der Waals surface area (Å²) < 4.78 is 80.0. The number of nitrogens with zero attached hydrogens (tertiary/aromatic N) is 3. The van der Waals surface area contributed by atoms with Gasteiger partial charge >= 0.3 is 6.18 Å². The number of hydrogen-bond donors (Lipinski definition) is 2. The fourth-order valence-corrected chi connectivity index (χ4v) is 3.64. The van der Waals surface area contributed by atoms with E-state index >= 15 is 4.39 Å². The van der Waals surface area contributed by atoms with Crippen molar-refractivity contribution in [2.24, 2.45) is 0 Å². The lowest BCUT2D eigenvalue weighted by Gasteiger charge is -2.41. The molecule has 2 aromatic rings. The molecule has 0 amide bonds. The zero-order chi connectivity index (χ0) is 21.5. The van der Waals surface area contributed by atoms with Gasteiger partial charge in [-0.3, -0.25) is 0 Å². The van der Waals surface area contributed by atoms with Crippen LogP contribution in [0.4, 0.5) is 43.7 Å². The normalized spacial score (nSPS) is 19.5. The molecule has 0 spiro atoms. The standard InChI is InChI=1S/C19H19F6N5/c20-16-13(30-9-18(21,22)10-30)7-15(29-17(16)11-3-5-26-6-4-11)28-14-2-1-12(8-27-14)19(23,24)25/h1-2,7-8,11,26H,3-6,9-10H2,(H,27,28,29). The van der Waals surface area contributed by atoms with Crippen LogP contribution in [0.5, 0.6) is 0 Å². The van der Waals surface area contributed by atoms with Crippen LogP contribution < -0.4 is 15.5 Å². The Bertz CT molecular complexity index is 901. The largest absolute Gasteiger partial charge is 0.417 e. The number of rotatable bonds is 4. The van der Waals surface area contributed by atoms with Crippen molar-refractivity contribution in [3.63, 3.8) is 0 Å². The first kappa shape index (κ1) is 20.7. The van der Waals surface area contributed by atoms with Gasteiger partial charge in [-0.1, -0.05) is 0 Å². The van der Waals surface area contributed by atoms with Crippen molar-refractivity contribution < 1.29 is 26.3 Å². The van der Waals surface area contributed by atoms with Crippen LogP contribution in [0.1, 0.15) is 30.0 Å². The zero-order valence-corrected chi connectivity index (χ0v) is 15.7. The second kappa shape index (κ2) is 7.60. The lowest BCUT2D eigenvalue weighted by atomic mass is 9.93. The molecular weight excluding hydrogens is 412 g/mol. The summed E-state index contributed by atoms with van der Waals surface area (Å²) >= 11 is 0. The second-order valence-corrected chi connectivity index (χ2v) is 7.52. The molecule has 2 N–H and O–H groups in total. The summed E-state index contributed by atoms with van der Waals surface area (Å²) in [6.45, 7) is 0.164. The highest BCUT2D eigenvalue weighted by Crippen LogP contribution is 2.38. The van der Waals surface area contributed by atoms with Crippen LogP contribution in [0.2, 0.25) is 0 Å². The Morgan fingerprint density at radius 1 is 1.10 bits per heavy atom. The molecule has 2 aliphatic heterocycles. The smallest absolute Gasteiger partial charge is 0.357 e. The first-order chi connectivity index (χ1) is 14.1. The molecule has 11 heteroatoms. The minimum Gasteiger partial charge on any atom is -0.357 e. The molecule has 2 saturated heterocycles. The molecule has 5 nitrogen and oxygen atoms in total. The third-order valence-corrected chi connectivity index (χ3v) is 5.22. The van der Waals surface area contributed by atoms with Crippen LogP contribution in [0.3, 0.4) is 0 Å². The second-order valence-electron chi connectivity index (χ2n) is 7.52. The average molecular weight is 431 g/mol. The fourth-order valence-electron chi connectivity index (χ4n) is 3.64. The van der Waals surface area contributed by atoms with Crippen molar-refractivity contribution in [1.29, 1.82) is 0 Å². The number of aromatic nitrogens is 2. The van der Waals surface area contributed by atoms with E-state index in [0.717, 1.165) is 12.1 Å². The molecule has 0 aliphatic carbocycles. The topological polar surface area (TPSA) is 53.1 Å². The first-order valence-electron chi connectivity index (χ1n) is 9.47. The van der Waals surface area contributed by atoms with Crippen LogP contribution in [0.25, 0.3) is 0 Å². The molecular formula is C19H19F6N5. The number of anilines is 3. The van der Waals surface area contributed by atoms with Crippen LogP contribution in [-0.4, -0.2) is 42.1 Å². The number of hydrogen-bond acceptors (Lipinski definition) is 5. The van der Waals surface area contributed by atoms with Gasteiger partial charge in [0.25, 0.3) is 5.92 Å². The van der Waals surface area contributed by atoms with E-state index < -0.39 is 36.6 Å². The summed E-state index contributed by atoms with van der Waals surface area (Å²) in [6, 6.07) is 3.29. The van der Waals surface area contributed by atoms with Crippen molar-refractivity contribution >= 4 is 17.3 Å². The molecule has 2 fully saturated rings. The van der Waals surface area contributed by atoms with Gasteiger partial charge in [-0.05, 0) is 38.1 Å². The third-order valence-electron chi connectivity index (χ3n) is 5.22. The Morgan fingerprint density at radius 3 is 2.37 bits per heavy atom. The maximum atomic E-state index is 15.1. The highest BCUT2D eigenvalue weighted by atomic mass is 19.4. The van der Waals surface area contributed by atoms with Crippen molar-refractivity contribution in [2.45, 2.75) is 30.9 Å². The Morgan fingerprint density at radius 2 is 1.80 bits per heavy atom. The average Bonchev–Trinajstić information content (AvgIpc) is 2.68. The number of halogens is 6. The number of alkyl halides is 5. The molecule has 2 aromatic heterocycles. The zero-order valence-electron chi connectivity index (χ0n) is 15.7. The summed E-state index contributed by atoms with van der Waals surface area (Å²) in [5.41, 5.74) is -0.739. The minimum absolute atomic E-state index is 0.00105. The molecule has 162 valence electrons. The molecule has 0 radical (unpaired) electrons. The first-order valence-corrected chi connectivity index (χ1v) is 9.47. The molecule has 0 bridgehead atoms. The summed E-state index contributed by atoms with van der Waals surface area (Å²) in [6.07, 6.45) is -2.56. The van der Waals surface area contributed by atoms with Gasteiger partial charge in [0.05, 0.1) is 30.0 Å². The van der Waals surface area contributed by atoms with Gasteiger partial charge in [-0.15, -0.1) is 0 Å². The van der Waals surface area contributed by atoms with Crippen LogP contribution in [-0.2, 0) is 6.18 Å². The minimum atomic E-state index is -4.52. The third kappa shape index (κ3) is 4.30. The molecule has 0 saturated carbocycles. The lowest BCUT2D eigenvalue weighted by molar-refractivity contribution is -0.137. The van der Waals surface area contributed by atoms with Crippen LogP contribution in [0, 0.1) is 5.82 Å². The van der Waals surface area contributed by atoms with Crippen LogP contribution >= 0.6 is 0 Å². The van der Waals surface area contributed by atoms with Gasteiger partial charge in [0.15, 0.2) is 5.82 Å². The number of pyridine rings is 2. The monoisotopic (exact) mass is 431 g/mol. The van der Waals surface area contributed by atoms with E-state index in [0.29, 0.717) is 32.1 Å². The van der Waals surface area contributed by atoms with Crippen molar-refractivity contribution in [3.05, 3.63) is 41.5 Å². The van der Waals surface area contributed by atoms with E-state index in [-0.39, 0.29) is 28.9 Å². The summed E-state index contributed by atoms with van der Waals surface area (Å²) in [5.74, 6) is -3.48. The van der Waals surface area contributed by atoms with Gasteiger partial charge in [-0.2, -0.15) is 13.2 Å². The van der Waals surface area contributed by atoms with E-state index in [9.17, 15) is 22.0 Å². The Hall–Kier alpha value is -2.56. The van der Waals surface area contributed by atoms with Gasteiger partial charge in [-0.25, -0.2) is 23.1 Å².